The zero-order valence-corrected chi connectivity index (χ0v) is 18.4. The topological polar surface area (TPSA) is 78.0 Å². The van der Waals surface area contributed by atoms with E-state index in [2.05, 4.69) is 26.1 Å². The van der Waals surface area contributed by atoms with Crippen LogP contribution in [0.3, 0.4) is 0 Å². The van der Waals surface area contributed by atoms with Crippen LogP contribution in [0, 0.1) is 0 Å². The first-order valence-corrected chi connectivity index (χ1v) is 11.3. The van der Waals surface area contributed by atoms with Crippen molar-refractivity contribution in [3.63, 3.8) is 0 Å². The van der Waals surface area contributed by atoms with E-state index in [-0.39, 0.29) is 17.9 Å². The number of aromatic nitrogens is 1. The molecular weight excluding hydrogens is 406 g/mol. The number of nitrogens with zero attached hydrogens (tertiary/aromatic N) is 4. The van der Waals surface area contributed by atoms with Gasteiger partial charge in [-0.05, 0) is 55.2 Å². The maximum atomic E-state index is 12.5. The van der Waals surface area contributed by atoms with Gasteiger partial charge < -0.3 is 19.9 Å². The molecule has 0 radical (unpaired) electrons. The maximum absolute atomic E-state index is 12.5. The van der Waals surface area contributed by atoms with Crippen molar-refractivity contribution < 1.29 is 14.3 Å². The summed E-state index contributed by atoms with van der Waals surface area (Å²) in [5, 5.41) is 3.08. The van der Waals surface area contributed by atoms with E-state index in [1.807, 2.05) is 30.5 Å². The molecule has 2 saturated heterocycles. The second-order valence-corrected chi connectivity index (χ2v) is 8.71. The smallest absolute Gasteiger partial charge is 0.337 e. The number of hydrogen-bond acceptors (Lipinski definition) is 7. The third-order valence-electron chi connectivity index (χ3n) is 6.69. The molecule has 1 atom stereocenters. The molecule has 8 nitrogen and oxygen atoms in total. The average molecular weight is 436 g/mol. The minimum absolute atomic E-state index is 0.0654. The summed E-state index contributed by atoms with van der Waals surface area (Å²) in [6.07, 6.45) is 5.08. The fraction of sp³-hybridized carbons (Fsp3) is 0.458. The normalized spacial score (nSPS) is 20.9. The Morgan fingerprint density at radius 3 is 2.66 bits per heavy atom. The number of amides is 1. The highest BCUT2D eigenvalue weighted by atomic mass is 16.5. The molecule has 3 aliphatic heterocycles. The van der Waals surface area contributed by atoms with E-state index in [1.54, 1.807) is 0 Å². The molecule has 0 saturated carbocycles. The fourth-order valence-corrected chi connectivity index (χ4v) is 4.93. The molecule has 1 amide bonds. The van der Waals surface area contributed by atoms with Crippen molar-refractivity contribution in [2.45, 2.75) is 31.8 Å². The Kier molecular flexibility index (Phi) is 5.70. The standard InChI is InChI=1S/C24H29N5O3/c1-32-24(31)18-5-7-19(8-6-18)28-12-10-27(11-13-28)16-17-14-20-22(25-15-17)29-9-3-2-4-21(29)23(30)26-20/h5-8,14-15,21H,2-4,9-13,16H2,1H3,(H,26,30). The second kappa shape index (κ2) is 8.78. The third-order valence-corrected chi connectivity index (χ3v) is 6.69. The number of hydrogen-bond donors (Lipinski definition) is 1. The first kappa shape index (κ1) is 20.8. The number of rotatable bonds is 4. The van der Waals surface area contributed by atoms with Crippen molar-refractivity contribution in [2.24, 2.45) is 0 Å². The Morgan fingerprint density at radius 2 is 1.91 bits per heavy atom. The number of methoxy groups -OCH3 is 1. The number of benzene rings is 1. The van der Waals surface area contributed by atoms with Crippen molar-refractivity contribution in [1.82, 2.24) is 9.88 Å². The summed E-state index contributed by atoms with van der Waals surface area (Å²) in [7, 11) is 1.39. The van der Waals surface area contributed by atoms with E-state index in [0.717, 1.165) is 81.3 Å². The van der Waals surface area contributed by atoms with Gasteiger partial charge in [0.1, 0.15) is 6.04 Å². The van der Waals surface area contributed by atoms with Crippen LogP contribution < -0.4 is 15.1 Å². The first-order chi connectivity index (χ1) is 15.6. The van der Waals surface area contributed by atoms with Crippen LogP contribution in [0.15, 0.2) is 36.5 Å². The van der Waals surface area contributed by atoms with Crippen molar-refractivity contribution in [3.8, 4) is 0 Å². The molecule has 5 rings (SSSR count). The number of carbonyl (C=O) groups excluding carboxylic acids is 2. The van der Waals surface area contributed by atoms with E-state index < -0.39 is 0 Å². The third kappa shape index (κ3) is 4.02. The van der Waals surface area contributed by atoms with Gasteiger partial charge in [-0.25, -0.2) is 9.78 Å². The number of piperidine rings is 1. The molecule has 8 heteroatoms. The highest BCUT2D eigenvalue weighted by Crippen LogP contribution is 2.34. The summed E-state index contributed by atoms with van der Waals surface area (Å²) in [6, 6.07) is 9.60. The number of piperazine rings is 1. The molecule has 1 unspecified atom stereocenters. The lowest BCUT2D eigenvalue weighted by molar-refractivity contribution is -0.118. The average Bonchev–Trinajstić information content (AvgIpc) is 2.84. The van der Waals surface area contributed by atoms with Gasteiger partial charge in [0, 0.05) is 51.2 Å². The van der Waals surface area contributed by atoms with Crippen LogP contribution >= 0.6 is 0 Å². The summed E-state index contributed by atoms with van der Waals surface area (Å²) >= 11 is 0. The van der Waals surface area contributed by atoms with Crippen LogP contribution in [0.4, 0.5) is 17.2 Å². The molecule has 0 spiro atoms. The van der Waals surface area contributed by atoms with E-state index in [9.17, 15) is 9.59 Å². The number of ether oxygens (including phenoxy) is 1. The van der Waals surface area contributed by atoms with E-state index in [4.69, 9.17) is 9.72 Å². The maximum Gasteiger partial charge on any atom is 0.337 e. The van der Waals surface area contributed by atoms with Gasteiger partial charge in [-0.2, -0.15) is 0 Å². The highest BCUT2D eigenvalue weighted by molar-refractivity contribution is 6.02. The van der Waals surface area contributed by atoms with Crippen LogP contribution in [-0.2, 0) is 16.1 Å². The molecular formula is C24H29N5O3. The molecule has 3 aliphatic rings. The first-order valence-electron chi connectivity index (χ1n) is 11.3. The molecule has 2 fully saturated rings. The van der Waals surface area contributed by atoms with Gasteiger partial charge in [-0.3, -0.25) is 9.69 Å². The Hall–Kier alpha value is -3.13. The van der Waals surface area contributed by atoms with Gasteiger partial charge in [-0.1, -0.05) is 0 Å². The number of nitrogens with one attached hydrogen (secondary N) is 1. The van der Waals surface area contributed by atoms with Crippen molar-refractivity contribution >= 4 is 29.1 Å². The predicted octanol–water partition coefficient (Wildman–Crippen LogP) is 2.50. The molecule has 4 heterocycles. The van der Waals surface area contributed by atoms with Gasteiger partial charge in [0.25, 0.3) is 0 Å². The number of pyridine rings is 1. The molecule has 1 aromatic heterocycles. The van der Waals surface area contributed by atoms with Gasteiger partial charge in [-0.15, -0.1) is 0 Å². The van der Waals surface area contributed by atoms with Crippen molar-refractivity contribution in [2.75, 3.05) is 55.0 Å². The lowest BCUT2D eigenvalue weighted by Gasteiger charge is -2.40. The van der Waals surface area contributed by atoms with E-state index in [0.29, 0.717) is 5.56 Å². The minimum Gasteiger partial charge on any atom is -0.465 e. The zero-order chi connectivity index (χ0) is 22.1. The second-order valence-electron chi connectivity index (χ2n) is 8.71. The Morgan fingerprint density at radius 1 is 1.12 bits per heavy atom. The predicted molar refractivity (Wildman–Crippen MR) is 123 cm³/mol. The summed E-state index contributed by atoms with van der Waals surface area (Å²) in [5.74, 6) is 0.702. The van der Waals surface area contributed by atoms with Gasteiger partial charge in [0.15, 0.2) is 5.82 Å². The van der Waals surface area contributed by atoms with Crippen LogP contribution in [-0.4, -0.2) is 67.6 Å². The summed E-state index contributed by atoms with van der Waals surface area (Å²) in [5.41, 5.74) is 3.65. The Balaban J connectivity index is 1.20. The number of anilines is 3. The van der Waals surface area contributed by atoms with Crippen LogP contribution in [0.5, 0.6) is 0 Å². The Bertz CT molecular complexity index is 1000. The van der Waals surface area contributed by atoms with Gasteiger partial charge in [0.2, 0.25) is 5.91 Å². The lowest BCUT2D eigenvalue weighted by Crippen LogP contribution is -2.51. The molecule has 168 valence electrons. The lowest BCUT2D eigenvalue weighted by atomic mass is 9.99. The zero-order valence-electron chi connectivity index (χ0n) is 18.4. The molecule has 32 heavy (non-hydrogen) atoms. The summed E-state index contributed by atoms with van der Waals surface area (Å²) < 4.78 is 4.77. The number of esters is 1. The quantitative estimate of drug-likeness (QED) is 0.740. The molecule has 1 N–H and O–H groups in total. The fourth-order valence-electron chi connectivity index (χ4n) is 4.93. The Labute approximate surface area is 188 Å². The monoisotopic (exact) mass is 435 g/mol. The summed E-state index contributed by atoms with van der Waals surface area (Å²) in [6.45, 7) is 5.44. The van der Waals surface area contributed by atoms with Crippen LogP contribution in [0.1, 0.15) is 35.2 Å². The van der Waals surface area contributed by atoms with Crippen LogP contribution in [0.2, 0.25) is 0 Å². The van der Waals surface area contributed by atoms with Crippen LogP contribution in [0.25, 0.3) is 0 Å². The van der Waals surface area contributed by atoms with Gasteiger partial charge >= 0.3 is 5.97 Å². The molecule has 0 bridgehead atoms. The SMILES string of the molecule is COC(=O)c1ccc(N2CCN(Cc3cnc4c(c3)NC(=O)C3CCCCN43)CC2)cc1. The number of carbonyl (C=O) groups is 2. The van der Waals surface area contributed by atoms with Crippen molar-refractivity contribution in [3.05, 3.63) is 47.7 Å². The van der Waals surface area contributed by atoms with E-state index >= 15 is 0 Å². The molecule has 1 aromatic carbocycles. The van der Waals surface area contributed by atoms with E-state index in [1.165, 1.54) is 7.11 Å². The minimum atomic E-state index is -0.313. The molecule has 2 aromatic rings. The molecule has 0 aliphatic carbocycles. The summed E-state index contributed by atoms with van der Waals surface area (Å²) in [4.78, 5) is 35.8. The number of fused-ring (bicyclic) bond motifs is 3. The van der Waals surface area contributed by atoms with Crippen molar-refractivity contribution in [1.29, 1.82) is 0 Å². The van der Waals surface area contributed by atoms with Gasteiger partial charge in [0.05, 0.1) is 18.4 Å². The highest BCUT2D eigenvalue weighted by Gasteiger charge is 2.35. The largest absolute Gasteiger partial charge is 0.465 e.